The second kappa shape index (κ2) is 4.98. The van der Waals surface area contributed by atoms with Gasteiger partial charge < -0.3 is 5.73 Å². The molecule has 5 heteroatoms. The van der Waals surface area contributed by atoms with E-state index in [2.05, 4.69) is 0 Å². The monoisotopic (exact) mass is 210 g/mol. The summed E-state index contributed by atoms with van der Waals surface area (Å²) in [5.74, 6) is 0. The van der Waals surface area contributed by atoms with Crippen LogP contribution in [0.15, 0.2) is 0 Å². The lowest BCUT2D eigenvalue weighted by Crippen LogP contribution is -2.50. The fourth-order valence-electron chi connectivity index (χ4n) is 1.90. The van der Waals surface area contributed by atoms with E-state index in [9.17, 15) is 13.2 Å². The van der Waals surface area contributed by atoms with Gasteiger partial charge >= 0.3 is 6.18 Å². The Bertz CT molecular complexity index is 162. The van der Waals surface area contributed by atoms with Gasteiger partial charge in [-0.25, -0.2) is 0 Å². The van der Waals surface area contributed by atoms with Crippen LogP contribution < -0.4 is 5.73 Å². The van der Waals surface area contributed by atoms with Gasteiger partial charge in [0.1, 0.15) is 6.04 Å². The molecule has 1 rings (SSSR count). The van der Waals surface area contributed by atoms with Gasteiger partial charge in [-0.3, -0.25) is 4.90 Å². The predicted molar refractivity (Wildman–Crippen MR) is 48.9 cm³/mol. The quantitative estimate of drug-likeness (QED) is 0.752. The Balaban J connectivity index is 2.58. The van der Waals surface area contributed by atoms with Gasteiger partial charge in [0, 0.05) is 6.54 Å². The van der Waals surface area contributed by atoms with Crippen LogP contribution in [0.2, 0.25) is 0 Å². The van der Waals surface area contributed by atoms with Crippen molar-refractivity contribution in [3.63, 3.8) is 0 Å². The van der Waals surface area contributed by atoms with Gasteiger partial charge in [0.25, 0.3) is 0 Å². The van der Waals surface area contributed by atoms with Gasteiger partial charge in [0.05, 0.1) is 0 Å². The minimum absolute atomic E-state index is 0.330. The maximum Gasteiger partial charge on any atom is 0.405 e. The van der Waals surface area contributed by atoms with Gasteiger partial charge in [-0.1, -0.05) is 12.8 Å². The lowest BCUT2D eigenvalue weighted by molar-refractivity contribution is -0.180. The number of nitrogens with two attached hydrogens (primary N) is 1. The maximum atomic E-state index is 12.5. The highest BCUT2D eigenvalue weighted by Gasteiger charge is 2.42. The third-order valence-corrected chi connectivity index (χ3v) is 2.68. The molecule has 0 aliphatic carbocycles. The second-order valence-electron chi connectivity index (χ2n) is 3.74. The summed E-state index contributed by atoms with van der Waals surface area (Å²) in [7, 11) is 0. The molecular formula is C9H17F3N2. The van der Waals surface area contributed by atoms with Crippen molar-refractivity contribution in [3.8, 4) is 0 Å². The van der Waals surface area contributed by atoms with Gasteiger partial charge in [-0.2, -0.15) is 13.2 Å². The van der Waals surface area contributed by atoms with E-state index >= 15 is 0 Å². The van der Waals surface area contributed by atoms with Crippen molar-refractivity contribution in [2.75, 3.05) is 19.6 Å². The molecule has 1 atom stereocenters. The van der Waals surface area contributed by atoms with Gasteiger partial charge in [0.15, 0.2) is 0 Å². The summed E-state index contributed by atoms with van der Waals surface area (Å²) in [5.41, 5.74) is 5.18. The average molecular weight is 210 g/mol. The zero-order valence-electron chi connectivity index (χ0n) is 8.19. The largest absolute Gasteiger partial charge is 0.405 e. The molecule has 1 fully saturated rings. The van der Waals surface area contributed by atoms with E-state index in [0.717, 1.165) is 25.7 Å². The zero-order chi connectivity index (χ0) is 10.6. The molecule has 0 bridgehead atoms. The number of nitrogens with zero attached hydrogens (tertiary/aromatic N) is 1. The Kier molecular flexibility index (Phi) is 4.19. The lowest BCUT2D eigenvalue weighted by Gasteiger charge is -2.31. The van der Waals surface area contributed by atoms with E-state index in [4.69, 9.17) is 5.73 Å². The molecule has 2 nitrogen and oxygen atoms in total. The molecule has 14 heavy (non-hydrogen) atoms. The molecule has 1 saturated heterocycles. The summed E-state index contributed by atoms with van der Waals surface area (Å²) < 4.78 is 37.5. The smallest absolute Gasteiger partial charge is 0.329 e. The topological polar surface area (TPSA) is 29.3 Å². The van der Waals surface area contributed by atoms with Crippen molar-refractivity contribution >= 4 is 0 Å². The highest BCUT2D eigenvalue weighted by Crippen LogP contribution is 2.26. The molecule has 0 unspecified atom stereocenters. The van der Waals surface area contributed by atoms with Crippen LogP contribution in [0.3, 0.4) is 0 Å². The molecule has 0 saturated carbocycles. The summed E-state index contributed by atoms with van der Waals surface area (Å²) in [6, 6.07) is -1.44. The molecule has 0 radical (unpaired) electrons. The molecule has 1 heterocycles. The third kappa shape index (κ3) is 3.13. The number of likely N-dealkylation sites (tertiary alicyclic amines) is 1. The van der Waals surface area contributed by atoms with Gasteiger partial charge in [-0.15, -0.1) is 0 Å². The van der Waals surface area contributed by atoms with Crippen molar-refractivity contribution in [3.05, 3.63) is 0 Å². The first-order valence-corrected chi connectivity index (χ1v) is 5.06. The van der Waals surface area contributed by atoms with Crippen LogP contribution in [0.4, 0.5) is 13.2 Å². The predicted octanol–water partition coefficient (Wildman–Crippen LogP) is 1.75. The fraction of sp³-hybridized carbons (Fsp3) is 1.00. The molecule has 1 aliphatic heterocycles. The maximum absolute atomic E-state index is 12.5. The van der Waals surface area contributed by atoms with Crippen molar-refractivity contribution in [1.29, 1.82) is 0 Å². The number of rotatable bonds is 2. The van der Waals surface area contributed by atoms with E-state index in [-0.39, 0.29) is 6.54 Å². The van der Waals surface area contributed by atoms with Crippen LogP contribution in [-0.2, 0) is 0 Å². The average Bonchev–Trinajstić information content (AvgIpc) is 2.31. The van der Waals surface area contributed by atoms with Crippen LogP contribution in [0.1, 0.15) is 25.7 Å². The summed E-state index contributed by atoms with van der Waals surface area (Å²) in [4.78, 5) is 1.48. The molecule has 0 aromatic rings. The van der Waals surface area contributed by atoms with Gasteiger partial charge in [0.2, 0.25) is 0 Å². The summed E-state index contributed by atoms with van der Waals surface area (Å²) in [6.45, 7) is 0.728. The Morgan fingerprint density at radius 3 is 1.93 bits per heavy atom. The highest BCUT2D eigenvalue weighted by atomic mass is 19.4. The van der Waals surface area contributed by atoms with Crippen molar-refractivity contribution in [1.82, 2.24) is 4.90 Å². The van der Waals surface area contributed by atoms with Gasteiger partial charge in [-0.05, 0) is 25.9 Å². The zero-order valence-corrected chi connectivity index (χ0v) is 8.19. The normalized spacial score (nSPS) is 23.1. The SMILES string of the molecule is NC[C@@H](N1CCCCCC1)C(F)(F)F. The third-order valence-electron chi connectivity index (χ3n) is 2.68. The van der Waals surface area contributed by atoms with E-state index in [1.165, 1.54) is 4.90 Å². The molecule has 84 valence electrons. The van der Waals surface area contributed by atoms with E-state index in [1.807, 2.05) is 0 Å². The number of hydrogen-bond acceptors (Lipinski definition) is 2. The van der Waals surface area contributed by atoms with Crippen LogP contribution in [0.5, 0.6) is 0 Å². The van der Waals surface area contributed by atoms with E-state index in [1.54, 1.807) is 0 Å². The lowest BCUT2D eigenvalue weighted by atomic mass is 10.2. The molecule has 1 aliphatic rings. The van der Waals surface area contributed by atoms with E-state index in [0.29, 0.717) is 13.1 Å². The highest BCUT2D eigenvalue weighted by molar-refractivity contribution is 4.80. The Morgan fingerprint density at radius 2 is 1.57 bits per heavy atom. The summed E-state index contributed by atoms with van der Waals surface area (Å²) in [6.07, 6.45) is -0.407. The first-order chi connectivity index (χ1) is 6.55. The van der Waals surface area contributed by atoms with Crippen LogP contribution in [0, 0.1) is 0 Å². The molecular weight excluding hydrogens is 193 g/mol. The molecule has 0 spiro atoms. The van der Waals surface area contributed by atoms with Crippen LogP contribution in [-0.4, -0.2) is 36.8 Å². The first-order valence-electron chi connectivity index (χ1n) is 5.06. The van der Waals surface area contributed by atoms with Crippen LogP contribution in [0.25, 0.3) is 0 Å². The Labute approximate surface area is 82.2 Å². The number of hydrogen-bond donors (Lipinski definition) is 1. The second-order valence-corrected chi connectivity index (χ2v) is 3.74. The Morgan fingerprint density at radius 1 is 1.07 bits per heavy atom. The molecule has 0 aromatic carbocycles. The minimum atomic E-state index is -4.18. The molecule has 0 aromatic heterocycles. The number of halogens is 3. The summed E-state index contributed by atoms with van der Waals surface area (Å²) in [5, 5.41) is 0. The van der Waals surface area contributed by atoms with E-state index < -0.39 is 12.2 Å². The van der Waals surface area contributed by atoms with Crippen molar-refractivity contribution in [2.45, 2.75) is 37.9 Å². The van der Waals surface area contributed by atoms with Crippen molar-refractivity contribution < 1.29 is 13.2 Å². The minimum Gasteiger partial charge on any atom is -0.329 e. The summed E-state index contributed by atoms with van der Waals surface area (Å²) >= 11 is 0. The number of alkyl halides is 3. The fourth-order valence-corrected chi connectivity index (χ4v) is 1.90. The Hall–Kier alpha value is -0.290. The molecule has 0 amide bonds. The first kappa shape index (κ1) is 11.8. The molecule has 2 N–H and O–H groups in total. The van der Waals surface area contributed by atoms with Crippen LogP contribution >= 0.6 is 0 Å². The van der Waals surface area contributed by atoms with Crippen molar-refractivity contribution in [2.24, 2.45) is 5.73 Å². The standard InChI is InChI=1S/C9H17F3N2/c10-9(11,12)8(7-13)14-5-3-1-2-4-6-14/h8H,1-7,13H2/t8-/m1/s1.